The van der Waals surface area contributed by atoms with Crippen LogP contribution in [0, 0.1) is 0 Å². The summed E-state index contributed by atoms with van der Waals surface area (Å²) in [7, 11) is 0. The summed E-state index contributed by atoms with van der Waals surface area (Å²) in [5, 5.41) is 13.7. The largest absolute Gasteiger partial charge is 0.478 e. The Kier molecular flexibility index (Phi) is 4.33. The highest BCUT2D eigenvalue weighted by Crippen LogP contribution is 2.45. The number of thioether (sulfide) groups is 2. The molecule has 7 heteroatoms. The number of hydrogen-bond acceptors (Lipinski definition) is 6. The predicted molar refractivity (Wildman–Crippen MR) is 88.5 cm³/mol. The van der Waals surface area contributed by atoms with E-state index in [1.54, 1.807) is 11.3 Å². The lowest BCUT2D eigenvalue weighted by atomic mass is 10.3. The van der Waals surface area contributed by atoms with Crippen molar-refractivity contribution in [2.45, 2.75) is 29.6 Å². The van der Waals surface area contributed by atoms with E-state index in [0.29, 0.717) is 21.5 Å². The first-order chi connectivity index (χ1) is 10.0. The second-order valence-electron chi connectivity index (χ2n) is 4.94. The summed E-state index contributed by atoms with van der Waals surface area (Å²) in [4.78, 5) is 15.5. The molecule has 3 rings (SSSR count). The molecule has 4 nitrogen and oxygen atoms in total. The molecule has 3 atom stereocenters. The summed E-state index contributed by atoms with van der Waals surface area (Å²) >= 11 is 5.57. The average Bonchev–Trinajstić information content (AvgIpc) is 3.09. The third kappa shape index (κ3) is 3.14. The van der Waals surface area contributed by atoms with Gasteiger partial charge in [0.05, 0.1) is 10.8 Å². The normalized spacial score (nSPS) is 25.9. The number of carboxylic acid groups (broad SMARTS) is 1. The van der Waals surface area contributed by atoms with Gasteiger partial charge in [-0.1, -0.05) is 13.8 Å². The van der Waals surface area contributed by atoms with Crippen LogP contribution in [0.5, 0.6) is 0 Å². The number of carboxylic acids is 1. The van der Waals surface area contributed by atoms with Crippen molar-refractivity contribution in [2.75, 3.05) is 5.75 Å². The maximum absolute atomic E-state index is 10.9. The van der Waals surface area contributed by atoms with Crippen molar-refractivity contribution in [3.8, 4) is 11.5 Å². The number of hydrogen-bond donors (Lipinski definition) is 1. The molecule has 0 saturated carbocycles. The van der Waals surface area contributed by atoms with Crippen LogP contribution < -0.4 is 0 Å². The third-order valence-electron chi connectivity index (χ3n) is 3.45. The summed E-state index contributed by atoms with van der Waals surface area (Å²) in [5.74, 6) is 0.606. The van der Waals surface area contributed by atoms with Crippen LogP contribution in [0.4, 0.5) is 0 Å². The SMILES string of the molecule is CC1SCC(c2nc(-c3cc(C(=O)O)co3)cs2)SC1C. The Morgan fingerprint density at radius 1 is 1.43 bits per heavy atom. The Balaban J connectivity index is 1.78. The average molecular weight is 341 g/mol. The first-order valence-electron chi connectivity index (χ1n) is 6.59. The number of aromatic carboxylic acids is 1. The van der Waals surface area contributed by atoms with Gasteiger partial charge in [0.2, 0.25) is 0 Å². The van der Waals surface area contributed by atoms with Gasteiger partial charge in [0.25, 0.3) is 0 Å². The standard InChI is InChI=1S/C14H15NO3S3/c1-7-8(2)21-12(6-19-7)13-15-10(5-20-13)11-3-9(4-18-11)14(16)17/h3-5,7-8,12H,6H2,1-2H3,(H,16,17). The molecule has 0 spiro atoms. The van der Waals surface area contributed by atoms with E-state index in [1.165, 1.54) is 12.3 Å². The van der Waals surface area contributed by atoms with Crippen LogP contribution in [0.15, 0.2) is 22.1 Å². The molecule has 0 amide bonds. The number of nitrogens with zero attached hydrogens (tertiary/aromatic N) is 1. The van der Waals surface area contributed by atoms with Gasteiger partial charge in [0.15, 0.2) is 5.76 Å². The Labute approximate surface area is 135 Å². The monoisotopic (exact) mass is 341 g/mol. The van der Waals surface area contributed by atoms with E-state index in [1.807, 2.05) is 28.9 Å². The Morgan fingerprint density at radius 3 is 2.90 bits per heavy atom. The zero-order valence-corrected chi connectivity index (χ0v) is 14.1. The van der Waals surface area contributed by atoms with Gasteiger partial charge in [-0.05, 0) is 0 Å². The van der Waals surface area contributed by atoms with Gasteiger partial charge < -0.3 is 9.52 Å². The second kappa shape index (κ2) is 6.06. The van der Waals surface area contributed by atoms with Crippen molar-refractivity contribution in [3.63, 3.8) is 0 Å². The van der Waals surface area contributed by atoms with Crippen molar-refractivity contribution < 1.29 is 14.3 Å². The third-order valence-corrected chi connectivity index (χ3v) is 7.95. The van der Waals surface area contributed by atoms with Crippen LogP contribution in [0.1, 0.15) is 34.5 Å². The highest BCUT2D eigenvalue weighted by Gasteiger charge is 2.28. The molecule has 0 aliphatic carbocycles. The highest BCUT2D eigenvalue weighted by atomic mass is 32.2. The van der Waals surface area contributed by atoms with Crippen LogP contribution in [0.3, 0.4) is 0 Å². The lowest BCUT2D eigenvalue weighted by Crippen LogP contribution is -2.21. The fourth-order valence-corrected chi connectivity index (χ4v) is 6.06. The van der Waals surface area contributed by atoms with Crippen LogP contribution in [-0.2, 0) is 0 Å². The molecular formula is C14H15NO3S3. The van der Waals surface area contributed by atoms with Gasteiger partial charge in [-0.15, -0.1) is 23.1 Å². The molecule has 2 aromatic rings. The molecule has 1 aliphatic heterocycles. The topological polar surface area (TPSA) is 63.3 Å². The van der Waals surface area contributed by atoms with E-state index in [2.05, 4.69) is 18.8 Å². The van der Waals surface area contributed by atoms with Crippen LogP contribution in [0.2, 0.25) is 0 Å². The number of carbonyl (C=O) groups is 1. The first kappa shape index (κ1) is 15.0. The molecular weight excluding hydrogens is 326 g/mol. The number of aromatic nitrogens is 1. The number of thiazole rings is 1. The molecule has 1 aliphatic rings. The van der Waals surface area contributed by atoms with Gasteiger partial charge in [-0.3, -0.25) is 0 Å². The molecule has 1 saturated heterocycles. The Bertz CT molecular complexity index is 651. The first-order valence-corrected chi connectivity index (χ1v) is 9.46. The van der Waals surface area contributed by atoms with Gasteiger partial charge in [0.1, 0.15) is 17.0 Å². The second-order valence-corrected chi connectivity index (χ2v) is 8.83. The predicted octanol–water partition coefficient (Wildman–Crippen LogP) is 4.40. The van der Waals surface area contributed by atoms with Gasteiger partial charge in [-0.25, -0.2) is 9.78 Å². The van der Waals surface area contributed by atoms with E-state index in [0.717, 1.165) is 16.5 Å². The van der Waals surface area contributed by atoms with Crippen molar-refractivity contribution in [3.05, 3.63) is 28.3 Å². The van der Waals surface area contributed by atoms with Crippen LogP contribution in [0.25, 0.3) is 11.5 Å². The summed E-state index contributed by atoms with van der Waals surface area (Å²) in [6, 6.07) is 1.52. The fourth-order valence-electron chi connectivity index (χ4n) is 2.04. The summed E-state index contributed by atoms with van der Waals surface area (Å²) < 4.78 is 5.30. The molecule has 0 bridgehead atoms. The molecule has 0 aromatic carbocycles. The molecule has 0 radical (unpaired) electrons. The Hall–Kier alpha value is -0.920. The minimum absolute atomic E-state index is 0.157. The van der Waals surface area contributed by atoms with Gasteiger partial charge in [0, 0.05) is 27.7 Å². The summed E-state index contributed by atoms with van der Waals surface area (Å²) in [6.07, 6.45) is 1.26. The number of furan rings is 1. The fraction of sp³-hybridized carbons (Fsp3) is 0.429. The Morgan fingerprint density at radius 2 is 2.24 bits per heavy atom. The molecule has 112 valence electrons. The molecule has 3 unspecified atom stereocenters. The van der Waals surface area contributed by atoms with E-state index in [-0.39, 0.29) is 5.56 Å². The van der Waals surface area contributed by atoms with Crippen molar-refractivity contribution >= 4 is 40.8 Å². The minimum Gasteiger partial charge on any atom is -0.478 e. The van der Waals surface area contributed by atoms with Gasteiger partial charge >= 0.3 is 5.97 Å². The van der Waals surface area contributed by atoms with E-state index in [9.17, 15) is 4.79 Å². The molecule has 21 heavy (non-hydrogen) atoms. The molecule has 1 N–H and O–H groups in total. The lowest BCUT2D eigenvalue weighted by Gasteiger charge is -2.30. The highest BCUT2D eigenvalue weighted by molar-refractivity contribution is 8.07. The van der Waals surface area contributed by atoms with E-state index >= 15 is 0 Å². The van der Waals surface area contributed by atoms with Gasteiger partial charge in [-0.2, -0.15) is 11.8 Å². The molecule has 2 aromatic heterocycles. The van der Waals surface area contributed by atoms with Crippen molar-refractivity contribution in [1.82, 2.24) is 4.98 Å². The quantitative estimate of drug-likeness (QED) is 0.893. The lowest BCUT2D eigenvalue weighted by molar-refractivity contribution is 0.0696. The molecule has 3 heterocycles. The minimum atomic E-state index is -0.984. The zero-order valence-electron chi connectivity index (χ0n) is 11.6. The van der Waals surface area contributed by atoms with E-state index in [4.69, 9.17) is 9.52 Å². The molecule has 1 fully saturated rings. The van der Waals surface area contributed by atoms with E-state index < -0.39 is 5.97 Å². The van der Waals surface area contributed by atoms with Crippen molar-refractivity contribution in [1.29, 1.82) is 0 Å². The van der Waals surface area contributed by atoms with Crippen molar-refractivity contribution in [2.24, 2.45) is 0 Å². The number of rotatable bonds is 3. The maximum atomic E-state index is 10.9. The van der Waals surface area contributed by atoms with Crippen LogP contribution in [-0.4, -0.2) is 32.3 Å². The summed E-state index contributed by atoms with van der Waals surface area (Å²) in [6.45, 7) is 4.52. The maximum Gasteiger partial charge on any atom is 0.338 e. The smallest absolute Gasteiger partial charge is 0.338 e. The zero-order chi connectivity index (χ0) is 15.0. The van der Waals surface area contributed by atoms with Crippen LogP contribution >= 0.6 is 34.9 Å². The summed E-state index contributed by atoms with van der Waals surface area (Å²) in [5.41, 5.74) is 0.879.